The molecule has 1 aliphatic rings. The maximum absolute atomic E-state index is 12.4. The molecule has 1 aliphatic heterocycles. The van der Waals surface area contributed by atoms with Crippen LogP contribution < -0.4 is 5.32 Å². The first-order valence-corrected chi connectivity index (χ1v) is 7.96. The standard InChI is InChI=1S/C15H26N4O3/c1-4-12(10-20)18-6-8-19(9-7-18)15(21)16-14-11(3)22-17-13(14)5-2/h12,20H,4-10H2,1-3H3,(H,16,21). The number of rotatable bonds is 5. The Morgan fingerprint density at radius 2 is 2.05 bits per heavy atom. The molecule has 1 unspecified atom stereocenters. The fraction of sp³-hybridized carbons (Fsp3) is 0.733. The predicted octanol–water partition coefficient (Wildman–Crippen LogP) is 1.47. The number of carbonyl (C=O) groups excluding carboxylic acids is 1. The Bertz CT molecular complexity index is 491. The molecule has 0 radical (unpaired) electrons. The summed E-state index contributed by atoms with van der Waals surface area (Å²) in [5.74, 6) is 0.634. The summed E-state index contributed by atoms with van der Waals surface area (Å²) in [4.78, 5) is 16.4. The van der Waals surface area contributed by atoms with Gasteiger partial charge in [0.15, 0.2) is 5.76 Å². The predicted molar refractivity (Wildman–Crippen MR) is 83.9 cm³/mol. The average Bonchev–Trinajstić information content (AvgIpc) is 2.89. The summed E-state index contributed by atoms with van der Waals surface area (Å²) in [6.07, 6.45) is 1.64. The molecule has 22 heavy (non-hydrogen) atoms. The van der Waals surface area contributed by atoms with Gasteiger partial charge >= 0.3 is 6.03 Å². The summed E-state index contributed by atoms with van der Waals surface area (Å²) in [7, 11) is 0. The molecule has 0 aromatic carbocycles. The second-order valence-corrected chi connectivity index (χ2v) is 5.61. The van der Waals surface area contributed by atoms with Crippen LogP contribution in [0.3, 0.4) is 0 Å². The van der Waals surface area contributed by atoms with Gasteiger partial charge in [-0.1, -0.05) is 19.0 Å². The normalized spacial score (nSPS) is 17.5. The van der Waals surface area contributed by atoms with Crippen LogP contribution in [0, 0.1) is 6.92 Å². The van der Waals surface area contributed by atoms with Crippen LogP contribution >= 0.6 is 0 Å². The second kappa shape index (κ2) is 7.60. The summed E-state index contributed by atoms with van der Waals surface area (Å²) in [6, 6.07) is 0.0786. The van der Waals surface area contributed by atoms with Crippen molar-refractivity contribution in [3.63, 3.8) is 0 Å². The smallest absolute Gasteiger partial charge is 0.322 e. The number of anilines is 1. The summed E-state index contributed by atoms with van der Waals surface area (Å²) < 4.78 is 5.13. The van der Waals surface area contributed by atoms with Crippen molar-refractivity contribution in [1.29, 1.82) is 0 Å². The van der Waals surface area contributed by atoms with Crippen molar-refractivity contribution in [2.75, 3.05) is 38.1 Å². The van der Waals surface area contributed by atoms with Crippen LogP contribution in [0.1, 0.15) is 31.7 Å². The van der Waals surface area contributed by atoms with Crippen molar-refractivity contribution in [2.24, 2.45) is 0 Å². The minimum absolute atomic E-state index is 0.113. The number of urea groups is 1. The van der Waals surface area contributed by atoms with E-state index in [1.165, 1.54) is 0 Å². The number of aliphatic hydroxyl groups is 1. The number of nitrogens with one attached hydrogen (secondary N) is 1. The zero-order valence-corrected chi connectivity index (χ0v) is 13.6. The number of hydrogen-bond acceptors (Lipinski definition) is 5. The van der Waals surface area contributed by atoms with Gasteiger partial charge in [-0.15, -0.1) is 0 Å². The minimum atomic E-state index is -0.113. The number of amides is 2. The SMILES string of the molecule is CCc1noc(C)c1NC(=O)N1CCN(C(CC)CO)CC1. The largest absolute Gasteiger partial charge is 0.395 e. The van der Waals surface area contributed by atoms with Gasteiger partial charge in [-0.2, -0.15) is 0 Å². The van der Waals surface area contributed by atoms with Crippen molar-refractivity contribution < 1.29 is 14.4 Å². The summed E-state index contributed by atoms with van der Waals surface area (Å²) in [6.45, 7) is 8.91. The molecular formula is C15H26N4O3. The number of aliphatic hydroxyl groups excluding tert-OH is 1. The highest BCUT2D eigenvalue weighted by atomic mass is 16.5. The third-order valence-electron chi connectivity index (χ3n) is 4.30. The Morgan fingerprint density at radius 3 is 2.59 bits per heavy atom. The monoisotopic (exact) mass is 310 g/mol. The fourth-order valence-electron chi connectivity index (χ4n) is 2.80. The highest BCUT2D eigenvalue weighted by Gasteiger charge is 2.26. The summed E-state index contributed by atoms with van der Waals surface area (Å²) in [5.41, 5.74) is 1.47. The average molecular weight is 310 g/mol. The Labute approximate surface area is 131 Å². The van der Waals surface area contributed by atoms with E-state index in [-0.39, 0.29) is 18.7 Å². The van der Waals surface area contributed by atoms with E-state index in [9.17, 15) is 9.90 Å². The molecule has 1 atom stereocenters. The van der Waals surface area contributed by atoms with Crippen molar-refractivity contribution in [2.45, 2.75) is 39.7 Å². The van der Waals surface area contributed by atoms with E-state index in [1.54, 1.807) is 11.8 Å². The lowest BCUT2D eigenvalue weighted by Crippen LogP contribution is -2.53. The zero-order chi connectivity index (χ0) is 16.1. The molecular weight excluding hydrogens is 284 g/mol. The maximum atomic E-state index is 12.4. The van der Waals surface area contributed by atoms with Gasteiger partial charge in [0.2, 0.25) is 0 Å². The van der Waals surface area contributed by atoms with Gasteiger partial charge in [0, 0.05) is 32.2 Å². The van der Waals surface area contributed by atoms with Gasteiger partial charge in [-0.25, -0.2) is 4.79 Å². The molecule has 1 saturated heterocycles. The van der Waals surface area contributed by atoms with Crippen LogP contribution in [0.25, 0.3) is 0 Å². The van der Waals surface area contributed by atoms with Gasteiger partial charge in [0.25, 0.3) is 0 Å². The van der Waals surface area contributed by atoms with Gasteiger partial charge in [0.1, 0.15) is 11.4 Å². The lowest BCUT2D eigenvalue weighted by Gasteiger charge is -2.38. The first kappa shape index (κ1) is 16.8. The van der Waals surface area contributed by atoms with E-state index >= 15 is 0 Å². The number of carbonyl (C=O) groups is 1. The second-order valence-electron chi connectivity index (χ2n) is 5.61. The molecule has 0 spiro atoms. The van der Waals surface area contributed by atoms with E-state index in [2.05, 4.69) is 22.3 Å². The number of hydrogen-bond donors (Lipinski definition) is 2. The molecule has 124 valence electrons. The third-order valence-corrected chi connectivity index (χ3v) is 4.30. The Morgan fingerprint density at radius 1 is 1.36 bits per heavy atom. The first-order chi connectivity index (χ1) is 10.6. The molecule has 2 N–H and O–H groups in total. The molecule has 2 heterocycles. The highest BCUT2D eigenvalue weighted by Crippen LogP contribution is 2.21. The van der Waals surface area contributed by atoms with Gasteiger partial charge in [-0.3, -0.25) is 4.90 Å². The van der Waals surface area contributed by atoms with Gasteiger partial charge < -0.3 is 19.8 Å². The van der Waals surface area contributed by atoms with Crippen LogP contribution in [0.4, 0.5) is 10.5 Å². The Balaban J connectivity index is 1.91. The molecule has 2 rings (SSSR count). The summed E-state index contributed by atoms with van der Waals surface area (Å²) in [5, 5.41) is 16.2. The third kappa shape index (κ3) is 3.59. The van der Waals surface area contributed by atoms with E-state index < -0.39 is 0 Å². The fourth-order valence-corrected chi connectivity index (χ4v) is 2.80. The lowest BCUT2D eigenvalue weighted by molar-refractivity contribution is 0.0766. The molecule has 1 aromatic heterocycles. The quantitative estimate of drug-likeness (QED) is 0.860. The van der Waals surface area contributed by atoms with Crippen LogP contribution in [0.15, 0.2) is 4.52 Å². The van der Waals surface area contributed by atoms with E-state index in [0.717, 1.165) is 31.6 Å². The number of nitrogens with zero attached hydrogens (tertiary/aromatic N) is 3. The van der Waals surface area contributed by atoms with E-state index in [0.29, 0.717) is 24.5 Å². The van der Waals surface area contributed by atoms with Crippen LogP contribution in [0.5, 0.6) is 0 Å². The zero-order valence-electron chi connectivity index (χ0n) is 13.6. The highest BCUT2D eigenvalue weighted by molar-refractivity contribution is 5.90. The van der Waals surface area contributed by atoms with Crippen LogP contribution in [-0.4, -0.2) is 64.9 Å². The van der Waals surface area contributed by atoms with Crippen molar-refractivity contribution in [3.8, 4) is 0 Å². The molecule has 1 aromatic rings. The molecule has 2 amide bonds. The number of aryl methyl sites for hydroxylation is 2. The lowest BCUT2D eigenvalue weighted by atomic mass is 10.1. The minimum Gasteiger partial charge on any atom is -0.395 e. The number of piperazine rings is 1. The first-order valence-electron chi connectivity index (χ1n) is 7.96. The number of aromatic nitrogens is 1. The van der Waals surface area contributed by atoms with Gasteiger partial charge in [-0.05, 0) is 19.8 Å². The maximum Gasteiger partial charge on any atom is 0.322 e. The van der Waals surface area contributed by atoms with Crippen molar-refractivity contribution in [3.05, 3.63) is 11.5 Å². The molecule has 7 heteroatoms. The molecule has 0 bridgehead atoms. The summed E-state index contributed by atoms with van der Waals surface area (Å²) >= 11 is 0. The van der Waals surface area contributed by atoms with Crippen molar-refractivity contribution >= 4 is 11.7 Å². The van der Waals surface area contributed by atoms with Gasteiger partial charge in [0.05, 0.1) is 6.61 Å². The molecule has 0 saturated carbocycles. The van der Waals surface area contributed by atoms with Crippen molar-refractivity contribution in [1.82, 2.24) is 15.0 Å². The molecule has 0 aliphatic carbocycles. The molecule has 1 fully saturated rings. The van der Waals surface area contributed by atoms with Crippen LogP contribution in [-0.2, 0) is 6.42 Å². The van der Waals surface area contributed by atoms with E-state index in [4.69, 9.17) is 4.52 Å². The van der Waals surface area contributed by atoms with Crippen LogP contribution in [0.2, 0.25) is 0 Å². The Hall–Kier alpha value is -1.60. The Kier molecular flexibility index (Phi) is 5.79. The van der Waals surface area contributed by atoms with E-state index in [1.807, 2.05) is 6.92 Å². The topological polar surface area (TPSA) is 81.8 Å². The molecule has 7 nitrogen and oxygen atoms in total.